The fourth-order valence-corrected chi connectivity index (χ4v) is 2.49. The van der Waals surface area contributed by atoms with E-state index >= 15 is 0 Å². The van der Waals surface area contributed by atoms with E-state index in [0.717, 1.165) is 28.2 Å². The van der Waals surface area contributed by atoms with Crippen molar-refractivity contribution in [3.05, 3.63) is 28.2 Å². The van der Waals surface area contributed by atoms with Crippen molar-refractivity contribution < 1.29 is 4.74 Å². The van der Waals surface area contributed by atoms with Gasteiger partial charge in [0.15, 0.2) is 0 Å². The standard InChI is InChI=1S/C17H24BrNO/c1-5-9-20-17-8-7-16(18)11-15(17)12-19-14(4)10-13(3)6-2/h1,7-8,11,13-14,19H,6,9-10,12H2,2-4H3. The first-order valence-electron chi connectivity index (χ1n) is 7.14. The van der Waals surface area contributed by atoms with Crippen molar-refractivity contribution in [2.75, 3.05) is 6.61 Å². The van der Waals surface area contributed by atoms with E-state index in [2.05, 4.69) is 54.0 Å². The Balaban J connectivity index is 2.61. The number of hydrogen-bond acceptors (Lipinski definition) is 2. The molecular formula is C17H24BrNO. The smallest absolute Gasteiger partial charge is 0.148 e. The third-order valence-electron chi connectivity index (χ3n) is 3.43. The van der Waals surface area contributed by atoms with Crippen LogP contribution in [0.5, 0.6) is 5.75 Å². The number of hydrogen-bond donors (Lipinski definition) is 1. The second-order valence-electron chi connectivity index (χ2n) is 5.28. The maximum atomic E-state index is 5.58. The molecule has 1 aromatic carbocycles. The van der Waals surface area contributed by atoms with Crippen molar-refractivity contribution in [2.45, 2.75) is 46.2 Å². The van der Waals surface area contributed by atoms with Crippen LogP contribution in [0, 0.1) is 18.3 Å². The van der Waals surface area contributed by atoms with Gasteiger partial charge in [-0.15, -0.1) is 6.42 Å². The van der Waals surface area contributed by atoms with Crippen LogP contribution >= 0.6 is 15.9 Å². The van der Waals surface area contributed by atoms with E-state index in [-0.39, 0.29) is 0 Å². The maximum absolute atomic E-state index is 5.58. The summed E-state index contributed by atoms with van der Waals surface area (Å²) in [6.07, 6.45) is 7.66. The van der Waals surface area contributed by atoms with Crippen LogP contribution in [0.3, 0.4) is 0 Å². The summed E-state index contributed by atoms with van der Waals surface area (Å²) in [6.45, 7) is 7.84. The van der Waals surface area contributed by atoms with Gasteiger partial charge >= 0.3 is 0 Å². The molecule has 0 heterocycles. The average Bonchev–Trinajstić information content (AvgIpc) is 2.43. The summed E-state index contributed by atoms with van der Waals surface area (Å²) in [5.74, 6) is 4.11. The molecular weight excluding hydrogens is 314 g/mol. The highest BCUT2D eigenvalue weighted by atomic mass is 79.9. The zero-order valence-electron chi connectivity index (χ0n) is 12.6. The van der Waals surface area contributed by atoms with Crippen LogP contribution in [0.15, 0.2) is 22.7 Å². The summed E-state index contributed by atoms with van der Waals surface area (Å²) in [6, 6.07) is 6.49. The van der Waals surface area contributed by atoms with Gasteiger partial charge in [-0.3, -0.25) is 0 Å². The van der Waals surface area contributed by atoms with E-state index in [1.54, 1.807) is 0 Å². The fraction of sp³-hybridized carbons (Fsp3) is 0.529. The lowest BCUT2D eigenvalue weighted by molar-refractivity contribution is 0.360. The molecule has 0 aliphatic heterocycles. The van der Waals surface area contributed by atoms with Crippen LogP contribution in [0.1, 0.15) is 39.2 Å². The van der Waals surface area contributed by atoms with Crippen molar-refractivity contribution in [3.8, 4) is 18.1 Å². The van der Waals surface area contributed by atoms with Gasteiger partial charge in [-0.25, -0.2) is 0 Å². The molecule has 110 valence electrons. The molecule has 0 saturated heterocycles. The number of terminal acetylenes is 1. The molecule has 0 aromatic heterocycles. The minimum Gasteiger partial charge on any atom is -0.481 e. The molecule has 0 saturated carbocycles. The highest BCUT2D eigenvalue weighted by Gasteiger charge is 2.09. The maximum Gasteiger partial charge on any atom is 0.148 e. The number of nitrogens with one attached hydrogen (secondary N) is 1. The Bertz CT molecular complexity index is 453. The molecule has 20 heavy (non-hydrogen) atoms. The summed E-state index contributed by atoms with van der Waals surface area (Å²) in [5.41, 5.74) is 1.13. The first-order valence-corrected chi connectivity index (χ1v) is 7.94. The van der Waals surface area contributed by atoms with Gasteiger partial charge in [0.05, 0.1) is 0 Å². The van der Waals surface area contributed by atoms with Gasteiger partial charge in [-0.1, -0.05) is 42.1 Å². The van der Waals surface area contributed by atoms with Gasteiger partial charge in [-0.05, 0) is 37.5 Å². The average molecular weight is 338 g/mol. The molecule has 2 atom stereocenters. The van der Waals surface area contributed by atoms with Crippen LogP contribution < -0.4 is 10.1 Å². The molecule has 0 spiro atoms. The minimum absolute atomic E-state index is 0.303. The fourth-order valence-electron chi connectivity index (χ4n) is 2.08. The summed E-state index contributed by atoms with van der Waals surface area (Å²) in [7, 11) is 0. The van der Waals surface area contributed by atoms with E-state index in [1.165, 1.54) is 12.8 Å². The van der Waals surface area contributed by atoms with Crippen LogP contribution in [0.4, 0.5) is 0 Å². The summed E-state index contributed by atoms with van der Waals surface area (Å²) in [5, 5.41) is 3.56. The van der Waals surface area contributed by atoms with Crippen LogP contribution in [0.2, 0.25) is 0 Å². The van der Waals surface area contributed by atoms with Gasteiger partial charge in [0.2, 0.25) is 0 Å². The number of halogens is 1. The lowest BCUT2D eigenvalue weighted by Crippen LogP contribution is -2.27. The van der Waals surface area contributed by atoms with E-state index in [4.69, 9.17) is 11.2 Å². The highest BCUT2D eigenvalue weighted by molar-refractivity contribution is 9.10. The van der Waals surface area contributed by atoms with Gasteiger partial charge < -0.3 is 10.1 Å². The summed E-state index contributed by atoms with van der Waals surface area (Å²) < 4.78 is 6.63. The molecule has 0 aliphatic rings. The van der Waals surface area contributed by atoms with Gasteiger partial charge in [-0.2, -0.15) is 0 Å². The lowest BCUT2D eigenvalue weighted by Gasteiger charge is -2.18. The van der Waals surface area contributed by atoms with Gasteiger partial charge in [0.25, 0.3) is 0 Å². The molecule has 0 amide bonds. The summed E-state index contributed by atoms with van der Waals surface area (Å²) in [4.78, 5) is 0. The quantitative estimate of drug-likeness (QED) is 0.711. The van der Waals surface area contributed by atoms with Crippen molar-refractivity contribution in [2.24, 2.45) is 5.92 Å². The normalized spacial score (nSPS) is 13.6. The Kier molecular flexibility index (Phi) is 7.72. The van der Waals surface area contributed by atoms with Crippen molar-refractivity contribution >= 4 is 15.9 Å². The first kappa shape index (κ1) is 17.1. The Labute approximate surface area is 131 Å². The Morgan fingerprint density at radius 2 is 2.15 bits per heavy atom. The molecule has 0 fully saturated rings. The van der Waals surface area contributed by atoms with Crippen molar-refractivity contribution in [3.63, 3.8) is 0 Å². The predicted octanol–water partition coefficient (Wildman–Crippen LogP) is 4.38. The predicted molar refractivity (Wildman–Crippen MR) is 88.8 cm³/mol. The molecule has 0 radical (unpaired) electrons. The first-order chi connectivity index (χ1) is 9.56. The molecule has 0 aliphatic carbocycles. The van der Waals surface area contributed by atoms with Crippen LogP contribution in [-0.2, 0) is 6.54 Å². The van der Waals surface area contributed by atoms with Gasteiger partial charge in [0.1, 0.15) is 12.4 Å². The van der Waals surface area contributed by atoms with Gasteiger partial charge in [0, 0.05) is 22.6 Å². The SMILES string of the molecule is C#CCOc1ccc(Br)cc1CNC(C)CC(C)CC. The molecule has 3 heteroatoms. The number of benzene rings is 1. The van der Waals surface area contributed by atoms with E-state index in [0.29, 0.717) is 12.6 Å². The number of ether oxygens (including phenoxy) is 1. The zero-order valence-corrected chi connectivity index (χ0v) is 14.2. The zero-order chi connectivity index (χ0) is 15.0. The third kappa shape index (κ3) is 5.98. The Morgan fingerprint density at radius 3 is 2.80 bits per heavy atom. The van der Waals surface area contributed by atoms with Crippen LogP contribution in [-0.4, -0.2) is 12.6 Å². The van der Waals surface area contributed by atoms with E-state index < -0.39 is 0 Å². The van der Waals surface area contributed by atoms with Crippen LogP contribution in [0.25, 0.3) is 0 Å². The number of rotatable bonds is 8. The largest absolute Gasteiger partial charge is 0.481 e. The van der Waals surface area contributed by atoms with Crippen molar-refractivity contribution in [1.29, 1.82) is 0 Å². The molecule has 2 nitrogen and oxygen atoms in total. The van der Waals surface area contributed by atoms with Crippen molar-refractivity contribution in [1.82, 2.24) is 5.32 Å². The molecule has 1 N–H and O–H groups in total. The topological polar surface area (TPSA) is 21.3 Å². The monoisotopic (exact) mass is 337 g/mol. The second-order valence-corrected chi connectivity index (χ2v) is 6.19. The molecule has 2 unspecified atom stereocenters. The minimum atomic E-state index is 0.303. The molecule has 1 aromatic rings. The van der Waals surface area contributed by atoms with E-state index in [1.807, 2.05) is 12.1 Å². The second kappa shape index (κ2) is 9.05. The molecule has 1 rings (SSSR count). The Hall–Kier alpha value is -0.980. The lowest BCUT2D eigenvalue weighted by atomic mass is 10.0. The Morgan fingerprint density at radius 1 is 1.40 bits per heavy atom. The third-order valence-corrected chi connectivity index (χ3v) is 3.92. The molecule has 0 bridgehead atoms. The summed E-state index contributed by atoms with van der Waals surface area (Å²) >= 11 is 3.50. The highest BCUT2D eigenvalue weighted by Crippen LogP contribution is 2.23. The van der Waals surface area contributed by atoms with E-state index in [9.17, 15) is 0 Å².